The zero-order chi connectivity index (χ0) is 13.4. The van der Waals surface area contributed by atoms with Gasteiger partial charge in [-0.05, 0) is 37.3 Å². The lowest BCUT2D eigenvalue weighted by Gasteiger charge is -2.03. The second-order valence-electron chi connectivity index (χ2n) is 4.45. The second kappa shape index (κ2) is 4.83. The van der Waals surface area contributed by atoms with Gasteiger partial charge in [0.1, 0.15) is 0 Å². The smallest absolute Gasteiger partial charge is 0.192 e. The van der Waals surface area contributed by atoms with Crippen molar-refractivity contribution in [1.29, 1.82) is 0 Å². The molecule has 0 atom stereocenters. The van der Waals surface area contributed by atoms with Crippen LogP contribution < -0.4 is 0 Å². The summed E-state index contributed by atoms with van der Waals surface area (Å²) in [6, 6.07) is 11.6. The number of ketones is 1. The van der Waals surface area contributed by atoms with Gasteiger partial charge in [0.2, 0.25) is 0 Å². The van der Waals surface area contributed by atoms with Crippen molar-refractivity contribution in [2.75, 3.05) is 0 Å². The van der Waals surface area contributed by atoms with Crippen molar-refractivity contribution in [2.24, 2.45) is 0 Å². The van der Waals surface area contributed by atoms with E-state index in [1.54, 1.807) is 0 Å². The van der Waals surface area contributed by atoms with Crippen molar-refractivity contribution in [1.82, 2.24) is 4.57 Å². The van der Waals surface area contributed by atoms with Crippen molar-refractivity contribution < 1.29 is 4.79 Å². The molecular formula is C15H12ClNOS. The van der Waals surface area contributed by atoms with Crippen LogP contribution in [-0.4, -0.2) is 10.4 Å². The van der Waals surface area contributed by atoms with Gasteiger partial charge in [-0.1, -0.05) is 17.7 Å². The molecule has 3 aromatic rings. The molecule has 96 valence electrons. The van der Waals surface area contributed by atoms with Crippen molar-refractivity contribution in [3.63, 3.8) is 0 Å². The van der Waals surface area contributed by atoms with E-state index in [0.29, 0.717) is 6.54 Å². The van der Waals surface area contributed by atoms with Crippen molar-refractivity contribution in [3.8, 4) is 0 Å². The van der Waals surface area contributed by atoms with Crippen LogP contribution in [0.15, 0.2) is 42.6 Å². The van der Waals surface area contributed by atoms with Crippen molar-refractivity contribution in [3.05, 3.63) is 57.4 Å². The van der Waals surface area contributed by atoms with Crippen LogP contribution in [0.25, 0.3) is 10.9 Å². The first-order valence-electron chi connectivity index (χ1n) is 5.98. The second-order valence-corrected chi connectivity index (χ2v) is 6.14. The third kappa shape index (κ3) is 2.31. The fourth-order valence-corrected chi connectivity index (χ4v) is 3.17. The van der Waals surface area contributed by atoms with Crippen molar-refractivity contribution >= 4 is 39.6 Å². The lowest BCUT2D eigenvalue weighted by Crippen LogP contribution is -2.07. The normalized spacial score (nSPS) is 11.1. The highest BCUT2D eigenvalue weighted by atomic mass is 35.5. The summed E-state index contributed by atoms with van der Waals surface area (Å²) < 4.78 is 1.94. The minimum atomic E-state index is 0.135. The third-order valence-corrected chi connectivity index (χ3v) is 4.46. The fraction of sp³-hybridized carbons (Fsp3) is 0.133. The van der Waals surface area contributed by atoms with E-state index in [4.69, 9.17) is 11.6 Å². The first-order chi connectivity index (χ1) is 9.15. The van der Waals surface area contributed by atoms with E-state index >= 15 is 0 Å². The number of aromatic nitrogens is 1. The summed E-state index contributed by atoms with van der Waals surface area (Å²) in [5.41, 5.74) is 0.995. The molecule has 0 aliphatic rings. The Balaban J connectivity index is 1.94. The monoisotopic (exact) mass is 289 g/mol. The van der Waals surface area contributed by atoms with Crippen molar-refractivity contribution in [2.45, 2.75) is 13.5 Å². The number of halogens is 1. The number of fused-ring (bicyclic) bond motifs is 1. The van der Waals surface area contributed by atoms with Crippen LogP contribution in [-0.2, 0) is 6.54 Å². The molecule has 0 unspecified atom stereocenters. The largest absolute Gasteiger partial charge is 0.340 e. The lowest BCUT2D eigenvalue weighted by molar-refractivity contribution is 0.0977. The maximum Gasteiger partial charge on any atom is 0.192 e. The Hall–Kier alpha value is -1.58. The molecule has 3 rings (SSSR count). The predicted molar refractivity (Wildman–Crippen MR) is 80.3 cm³/mol. The minimum Gasteiger partial charge on any atom is -0.340 e. The molecule has 4 heteroatoms. The molecule has 0 N–H and O–H groups in total. The lowest BCUT2D eigenvalue weighted by atomic mass is 10.2. The standard InChI is InChI=1S/C15H12ClNOS/c1-10-5-6-15(19-10)14(18)9-17-8-7-11-12(16)3-2-4-13(11)17/h2-8H,9H2,1H3. The Morgan fingerprint density at radius 1 is 1.26 bits per heavy atom. The summed E-state index contributed by atoms with van der Waals surface area (Å²) >= 11 is 7.67. The number of benzene rings is 1. The Morgan fingerprint density at radius 2 is 2.11 bits per heavy atom. The summed E-state index contributed by atoms with van der Waals surface area (Å²) in [6.07, 6.45) is 1.91. The highest BCUT2D eigenvalue weighted by Crippen LogP contribution is 2.25. The van der Waals surface area contributed by atoms with Gasteiger partial charge in [0, 0.05) is 27.0 Å². The number of hydrogen-bond acceptors (Lipinski definition) is 2. The molecule has 0 aliphatic heterocycles. The van der Waals surface area contributed by atoms with Gasteiger partial charge in [-0.3, -0.25) is 4.79 Å². The van der Waals surface area contributed by atoms with E-state index < -0.39 is 0 Å². The number of hydrogen-bond donors (Lipinski definition) is 0. The number of Topliss-reactive ketones (excluding diaryl/α,β-unsaturated/α-hetero) is 1. The van der Waals surface area contributed by atoms with E-state index in [0.717, 1.165) is 25.7 Å². The molecule has 1 aromatic carbocycles. The van der Waals surface area contributed by atoms with Crippen LogP contribution in [0.5, 0.6) is 0 Å². The number of carbonyl (C=O) groups excluding carboxylic acids is 1. The summed E-state index contributed by atoms with van der Waals surface area (Å²) in [4.78, 5) is 14.2. The molecule has 0 spiro atoms. The summed E-state index contributed by atoms with van der Waals surface area (Å²) in [6.45, 7) is 2.36. The highest BCUT2D eigenvalue weighted by molar-refractivity contribution is 7.14. The Morgan fingerprint density at radius 3 is 2.84 bits per heavy atom. The molecule has 0 bridgehead atoms. The average molecular weight is 290 g/mol. The van der Waals surface area contributed by atoms with Gasteiger partial charge in [-0.15, -0.1) is 11.3 Å². The summed E-state index contributed by atoms with van der Waals surface area (Å²) in [5.74, 6) is 0.135. The average Bonchev–Trinajstić information content (AvgIpc) is 2.98. The molecule has 0 amide bonds. The minimum absolute atomic E-state index is 0.135. The summed E-state index contributed by atoms with van der Waals surface area (Å²) in [5, 5.41) is 1.70. The van der Waals surface area contributed by atoms with Crippen LogP contribution in [0.4, 0.5) is 0 Å². The molecular weight excluding hydrogens is 278 g/mol. The maximum atomic E-state index is 12.2. The van der Waals surface area contributed by atoms with E-state index in [-0.39, 0.29) is 5.78 Å². The third-order valence-electron chi connectivity index (χ3n) is 3.09. The molecule has 19 heavy (non-hydrogen) atoms. The van der Waals surface area contributed by atoms with Gasteiger partial charge in [-0.25, -0.2) is 0 Å². The maximum absolute atomic E-state index is 12.2. The predicted octanol–water partition coefficient (Wildman–Crippen LogP) is 4.55. The van der Waals surface area contributed by atoms with E-state index in [9.17, 15) is 4.79 Å². The Kier molecular flexibility index (Phi) is 3.17. The SMILES string of the molecule is Cc1ccc(C(=O)Cn2ccc3c(Cl)cccc32)s1. The zero-order valence-electron chi connectivity index (χ0n) is 10.4. The van der Waals surface area contributed by atoms with Crippen LogP contribution in [0.2, 0.25) is 5.02 Å². The van der Waals surface area contributed by atoms with Gasteiger partial charge in [0.05, 0.1) is 11.4 Å². The number of nitrogens with zero attached hydrogens (tertiary/aromatic N) is 1. The number of carbonyl (C=O) groups is 1. The first-order valence-corrected chi connectivity index (χ1v) is 7.17. The van der Waals surface area contributed by atoms with Gasteiger partial charge >= 0.3 is 0 Å². The van der Waals surface area contributed by atoms with E-state index in [1.807, 2.05) is 54.1 Å². The summed E-state index contributed by atoms with van der Waals surface area (Å²) in [7, 11) is 0. The number of rotatable bonds is 3. The molecule has 0 saturated heterocycles. The van der Waals surface area contributed by atoms with E-state index in [1.165, 1.54) is 11.3 Å². The fourth-order valence-electron chi connectivity index (χ4n) is 2.14. The van der Waals surface area contributed by atoms with Gasteiger partial charge < -0.3 is 4.57 Å². The molecule has 2 aromatic heterocycles. The van der Waals surface area contributed by atoms with E-state index in [2.05, 4.69) is 0 Å². The van der Waals surface area contributed by atoms with Crippen LogP contribution in [0, 0.1) is 6.92 Å². The Labute approximate surface area is 120 Å². The Bertz CT molecular complexity index is 756. The first kappa shape index (κ1) is 12.5. The molecule has 0 fully saturated rings. The molecule has 2 nitrogen and oxygen atoms in total. The molecule has 2 heterocycles. The molecule has 0 aliphatic carbocycles. The molecule has 0 saturated carbocycles. The quantitative estimate of drug-likeness (QED) is 0.649. The van der Waals surface area contributed by atoms with Gasteiger partial charge in [0.15, 0.2) is 5.78 Å². The van der Waals surface area contributed by atoms with Gasteiger partial charge in [-0.2, -0.15) is 0 Å². The van der Waals surface area contributed by atoms with Gasteiger partial charge in [0.25, 0.3) is 0 Å². The zero-order valence-corrected chi connectivity index (χ0v) is 12.0. The van der Waals surface area contributed by atoms with Crippen LogP contribution in [0.3, 0.4) is 0 Å². The number of thiophene rings is 1. The van der Waals surface area contributed by atoms with Crippen LogP contribution in [0.1, 0.15) is 14.5 Å². The molecule has 0 radical (unpaired) electrons. The topological polar surface area (TPSA) is 22.0 Å². The number of aryl methyl sites for hydroxylation is 1. The highest BCUT2D eigenvalue weighted by Gasteiger charge is 2.11. The van der Waals surface area contributed by atoms with Crippen LogP contribution >= 0.6 is 22.9 Å².